The first kappa shape index (κ1) is 10.4. The van der Waals surface area contributed by atoms with E-state index in [1.54, 1.807) is 6.92 Å². The Labute approximate surface area is 66.5 Å². The summed E-state index contributed by atoms with van der Waals surface area (Å²) in [5, 5.41) is 11.3. The van der Waals surface area contributed by atoms with E-state index in [-0.39, 0.29) is 18.6 Å². The second kappa shape index (κ2) is 6.12. The lowest BCUT2D eigenvalue weighted by molar-refractivity contribution is -0.122. The number of hydrogen-bond acceptors (Lipinski definition) is 3. The molecule has 0 bridgehead atoms. The van der Waals surface area contributed by atoms with Gasteiger partial charge in [-0.15, -0.1) is 0 Å². The summed E-state index contributed by atoms with van der Waals surface area (Å²) in [5.74, 6) is -0.0684. The molecule has 1 unspecified atom stereocenters. The second-order valence-electron chi connectivity index (χ2n) is 2.26. The Kier molecular flexibility index (Phi) is 5.78. The second-order valence-corrected chi connectivity index (χ2v) is 2.26. The number of hydrogen-bond donors (Lipinski definition) is 2. The molecule has 0 spiro atoms. The molecular formula is C7H15NO3. The Morgan fingerprint density at radius 3 is 2.73 bits per heavy atom. The van der Waals surface area contributed by atoms with Crippen molar-refractivity contribution < 1.29 is 14.6 Å². The van der Waals surface area contributed by atoms with Gasteiger partial charge in [0.05, 0.1) is 19.3 Å². The van der Waals surface area contributed by atoms with E-state index in [1.165, 1.54) is 7.11 Å². The van der Waals surface area contributed by atoms with E-state index in [1.807, 2.05) is 0 Å². The normalized spacial score (nSPS) is 12.6. The summed E-state index contributed by atoms with van der Waals surface area (Å²) in [6, 6.07) is -0.271. The quantitative estimate of drug-likeness (QED) is 0.572. The molecule has 0 heterocycles. The molecule has 1 atom stereocenters. The Morgan fingerprint density at radius 2 is 2.36 bits per heavy atom. The molecule has 4 heteroatoms. The lowest BCUT2D eigenvalue weighted by Crippen LogP contribution is -2.40. The average molecular weight is 161 g/mol. The highest BCUT2D eigenvalue weighted by Gasteiger charge is 2.08. The van der Waals surface area contributed by atoms with Crippen LogP contribution in [0.4, 0.5) is 0 Å². The van der Waals surface area contributed by atoms with Crippen LogP contribution in [0, 0.1) is 0 Å². The minimum atomic E-state index is -0.271. The molecule has 66 valence electrons. The van der Waals surface area contributed by atoms with E-state index in [9.17, 15) is 4.79 Å². The first-order chi connectivity index (χ1) is 5.24. The number of carbonyl (C=O) groups is 1. The zero-order valence-corrected chi connectivity index (χ0v) is 6.96. The summed E-state index contributed by atoms with van der Waals surface area (Å²) in [4.78, 5) is 10.8. The molecule has 0 aromatic carbocycles. The van der Waals surface area contributed by atoms with E-state index in [0.717, 1.165) is 0 Å². The molecule has 0 rings (SSSR count). The number of nitrogens with one attached hydrogen (secondary N) is 1. The summed E-state index contributed by atoms with van der Waals surface area (Å²) < 4.78 is 4.77. The largest absolute Gasteiger partial charge is 0.394 e. The maximum atomic E-state index is 10.8. The smallest absolute Gasteiger partial charge is 0.220 e. The molecule has 11 heavy (non-hydrogen) atoms. The first-order valence-electron chi connectivity index (χ1n) is 3.63. The molecule has 0 aromatic heterocycles. The molecule has 0 saturated carbocycles. The molecule has 0 aliphatic heterocycles. The maximum absolute atomic E-state index is 10.8. The van der Waals surface area contributed by atoms with E-state index >= 15 is 0 Å². The van der Waals surface area contributed by atoms with E-state index in [4.69, 9.17) is 9.84 Å². The molecule has 1 amide bonds. The number of carbonyl (C=O) groups excluding carboxylic acids is 1. The molecule has 4 nitrogen and oxygen atoms in total. The zero-order chi connectivity index (χ0) is 8.69. The Hall–Kier alpha value is -0.610. The van der Waals surface area contributed by atoms with Crippen molar-refractivity contribution in [3.8, 4) is 0 Å². The van der Waals surface area contributed by atoms with Crippen LogP contribution in [0.3, 0.4) is 0 Å². The minimum absolute atomic E-state index is 0.0684. The predicted molar refractivity (Wildman–Crippen MR) is 41.2 cm³/mol. The number of methoxy groups -OCH3 is 1. The van der Waals surface area contributed by atoms with E-state index in [2.05, 4.69) is 5.32 Å². The predicted octanol–water partition coefficient (Wildman–Crippen LogP) is -0.480. The molecular weight excluding hydrogens is 146 g/mol. The van der Waals surface area contributed by atoms with Gasteiger partial charge in [0.1, 0.15) is 0 Å². The van der Waals surface area contributed by atoms with Crippen LogP contribution in [0.5, 0.6) is 0 Å². The van der Waals surface area contributed by atoms with Gasteiger partial charge in [-0.3, -0.25) is 4.79 Å². The van der Waals surface area contributed by atoms with Crippen molar-refractivity contribution in [3.05, 3.63) is 0 Å². The average Bonchev–Trinajstić information content (AvgIpc) is 2.03. The molecule has 0 radical (unpaired) electrons. The third-order valence-electron chi connectivity index (χ3n) is 1.27. The van der Waals surface area contributed by atoms with Crippen molar-refractivity contribution in [1.29, 1.82) is 0 Å². The van der Waals surface area contributed by atoms with Gasteiger partial charge < -0.3 is 15.2 Å². The van der Waals surface area contributed by atoms with E-state index < -0.39 is 0 Å². The molecule has 0 aliphatic rings. The van der Waals surface area contributed by atoms with Gasteiger partial charge in [-0.05, 0) is 0 Å². The maximum Gasteiger partial charge on any atom is 0.220 e. The Balaban J connectivity index is 3.58. The van der Waals surface area contributed by atoms with Gasteiger partial charge >= 0.3 is 0 Å². The van der Waals surface area contributed by atoms with Crippen molar-refractivity contribution >= 4 is 5.91 Å². The lowest BCUT2D eigenvalue weighted by atomic mass is 10.3. The van der Waals surface area contributed by atoms with Crippen LogP contribution in [-0.2, 0) is 9.53 Å². The van der Waals surface area contributed by atoms with Gasteiger partial charge in [-0.2, -0.15) is 0 Å². The fourth-order valence-corrected chi connectivity index (χ4v) is 0.671. The van der Waals surface area contributed by atoms with Crippen molar-refractivity contribution in [2.75, 3.05) is 20.3 Å². The fraction of sp³-hybridized carbons (Fsp3) is 0.857. The summed E-state index contributed by atoms with van der Waals surface area (Å²) in [7, 11) is 1.53. The highest BCUT2D eigenvalue weighted by atomic mass is 16.5. The lowest BCUT2D eigenvalue weighted by Gasteiger charge is -2.13. The van der Waals surface area contributed by atoms with E-state index in [0.29, 0.717) is 13.0 Å². The summed E-state index contributed by atoms with van der Waals surface area (Å²) in [6.07, 6.45) is 0.431. The summed E-state index contributed by atoms with van der Waals surface area (Å²) in [5.41, 5.74) is 0. The van der Waals surface area contributed by atoms with Crippen LogP contribution in [-0.4, -0.2) is 37.4 Å². The Morgan fingerprint density at radius 1 is 1.73 bits per heavy atom. The van der Waals surface area contributed by atoms with Crippen LogP contribution >= 0.6 is 0 Å². The third kappa shape index (κ3) is 4.75. The van der Waals surface area contributed by atoms with Crippen molar-refractivity contribution in [2.24, 2.45) is 0 Å². The highest BCUT2D eigenvalue weighted by Crippen LogP contribution is 1.85. The van der Waals surface area contributed by atoms with Gasteiger partial charge in [0.25, 0.3) is 0 Å². The van der Waals surface area contributed by atoms with Crippen LogP contribution < -0.4 is 5.32 Å². The first-order valence-corrected chi connectivity index (χ1v) is 3.63. The highest BCUT2D eigenvalue weighted by molar-refractivity contribution is 5.75. The Bertz CT molecular complexity index is 116. The molecule has 0 saturated heterocycles. The number of rotatable bonds is 5. The standard InChI is InChI=1S/C7H15NO3/c1-3-7(10)8-6(4-9)5-11-2/h6,9H,3-5H2,1-2H3,(H,8,10). The summed E-state index contributed by atoms with van der Waals surface area (Å²) in [6.45, 7) is 2.03. The number of aliphatic hydroxyl groups is 1. The van der Waals surface area contributed by atoms with Gasteiger partial charge in [-0.25, -0.2) is 0 Å². The number of aliphatic hydroxyl groups excluding tert-OH is 1. The minimum Gasteiger partial charge on any atom is -0.394 e. The molecule has 0 aliphatic carbocycles. The van der Waals surface area contributed by atoms with Crippen molar-refractivity contribution in [1.82, 2.24) is 5.32 Å². The number of amides is 1. The van der Waals surface area contributed by atoms with Crippen molar-refractivity contribution in [3.63, 3.8) is 0 Å². The molecule has 2 N–H and O–H groups in total. The monoisotopic (exact) mass is 161 g/mol. The summed E-state index contributed by atoms with van der Waals surface area (Å²) >= 11 is 0. The van der Waals surface area contributed by atoms with Gasteiger partial charge in [0, 0.05) is 13.5 Å². The topological polar surface area (TPSA) is 58.6 Å². The SMILES string of the molecule is CCC(=O)NC(CO)COC. The van der Waals surface area contributed by atoms with Gasteiger partial charge in [0.2, 0.25) is 5.91 Å². The van der Waals surface area contributed by atoms with Gasteiger partial charge in [-0.1, -0.05) is 6.92 Å². The van der Waals surface area contributed by atoms with Gasteiger partial charge in [0.15, 0.2) is 0 Å². The van der Waals surface area contributed by atoms with Crippen LogP contribution in [0.2, 0.25) is 0 Å². The molecule has 0 fully saturated rings. The molecule has 0 aromatic rings. The van der Waals surface area contributed by atoms with Crippen LogP contribution in [0.25, 0.3) is 0 Å². The van der Waals surface area contributed by atoms with Crippen LogP contribution in [0.15, 0.2) is 0 Å². The zero-order valence-electron chi connectivity index (χ0n) is 6.96. The third-order valence-corrected chi connectivity index (χ3v) is 1.27. The number of ether oxygens (including phenoxy) is 1. The van der Waals surface area contributed by atoms with Crippen LogP contribution in [0.1, 0.15) is 13.3 Å². The van der Waals surface area contributed by atoms with Crippen molar-refractivity contribution in [2.45, 2.75) is 19.4 Å². The fourth-order valence-electron chi connectivity index (χ4n) is 0.671.